The predicted molar refractivity (Wildman–Crippen MR) is 104 cm³/mol. The zero-order valence-electron chi connectivity index (χ0n) is 16.2. The zero-order valence-corrected chi connectivity index (χ0v) is 16.2. The first-order valence-electron chi connectivity index (χ1n) is 9.21. The van der Waals surface area contributed by atoms with E-state index in [9.17, 15) is 18.0 Å². The quantitative estimate of drug-likeness (QED) is 0.646. The lowest BCUT2D eigenvalue weighted by molar-refractivity contribution is -0.132. The maximum atomic E-state index is 13.0. The van der Waals surface area contributed by atoms with Gasteiger partial charge in [0.2, 0.25) is 0 Å². The molecule has 1 atom stereocenters. The summed E-state index contributed by atoms with van der Waals surface area (Å²) >= 11 is 0. The van der Waals surface area contributed by atoms with Gasteiger partial charge in [0, 0.05) is 24.8 Å². The molecule has 1 fully saturated rings. The van der Waals surface area contributed by atoms with Gasteiger partial charge in [-0.1, -0.05) is 30.9 Å². The van der Waals surface area contributed by atoms with Crippen molar-refractivity contribution in [3.05, 3.63) is 65.9 Å². The molecule has 1 amide bonds. The van der Waals surface area contributed by atoms with Gasteiger partial charge in [-0.25, -0.2) is 0 Å². The summed E-state index contributed by atoms with van der Waals surface area (Å²) in [5, 5.41) is 11.9. The standard InChI is InChI=1S/C21H25F3N2O3/c1-3-4-5-19(15(2)21(22,23)24)25-17-10-11-26(12-17)20(28)14-29-18-8-6-16(13-27)7-9-18/h3-9,17,25,27H,2,10-14H2,1H3/b4-3-,19-5+. The van der Waals surface area contributed by atoms with Crippen molar-refractivity contribution >= 4 is 5.91 Å². The lowest BCUT2D eigenvalue weighted by atomic mass is 10.1. The van der Waals surface area contributed by atoms with Crippen molar-refractivity contribution in [2.45, 2.75) is 32.2 Å². The molecule has 1 heterocycles. The number of halogens is 3. The Labute approximate surface area is 168 Å². The Bertz CT molecular complexity index is 770. The van der Waals surface area contributed by atoms with Crippen LogP contribution in [0.3, 0.4) is 0 Å². The van der Waals surface area contributed by atoms with E-state index in [0.717, 1.165) is 5.56 Å². The van der Waals surface area contributed by atoms with E-state index in [4.69, 9.17) is 9.84 Å². The third-order valence-corrected chi connectivity index (χ3v) is 4.49. The molecule has 1 aromatic rings. The Hall–Kier alpha value is -2.74. The van der Waals surface area contributed by atoms with Crippen molar-refractivity contribution in [3.8, 4) is 5.75 Å². The fourth-order valence-corrected chi connectivity index (χ4v) is 2.83. The van der Waals surface area contributed by atoms with Crippen molar-refractivity contribution < 1.29 is 27.8 Å². The molecule has 2 rings (SSSR count). The molecule has 1 saturated heterocycles. The maximum Gasteiger partial charge on any atom is 0.417 e. The third-order valence-electron chi connectivity index (χ3n) is 4.49. The number of benzene rings is 1. The van der Waals surface area contributed by atoms with Crippen molar-refractivity contribution in [1.29, 1.82) is 0 Å². The summed E-state index contributed by atoms with van der Waals surface area (Å²) in [6, 6.07) is 6.41. The van der Waals surface area contributed by atoms with Crippen LogP contribution in [0.1, 0.15) is 18.9 Å². The minimum atomic E-state index is -4.53. The second kappa shape index (κ2) is 10.2. The minimum Gasteiger partial charge on any atom is -0.484 e. The Kier molecular flexibility index (Phi) is 7.90. The van der Waals surface area contributed by atoms with Crippen LogP contribution in [0.2, 0.25) is 0 Å². The summed E-state index contributed by atoms with van der Waals surface area (Å²) in [7, 11) is 0. The van der Waals surface area contributed by atoms with Gasteiger partial charge in [-0.05, 0) is 37.1 Å². The number of nitrogens with zero attached hydrogens (tertiary/aromatic N) is 1. The van der Waals surface area contributed by atoms with Crippen LogP contribution < -0.4 is 10.1 Å². The van der Waals surface area contributed by atoms with Gasteiger partial charge in [-0.3, -0.25) is 4.79 Å². The maximum absolute atomic E-state index is 13.0. The molecular formula is C21H25F3N2O3. The molecular weight excluding hydrogens is 385 g/mol. The molecule has 1 aromatic carbocycles. The second-order valence-electron chi connectivity index (χ2n) is 6.64. The van der Waals surface area contributed by atoms with Crippen LogP contribution in [0.4, 0.5) is 13.2 Å². The lowest BCUT2D eigenvalue weighted by Gasteiger charge is -2.21. The molecule has 29 heavy (non-hydrogen) atoms. The van der Waals surface area contributed by atoms with E-state index in [1.165, 1.54) is 12.2 Å². The van der Waals surface area contributed by atoms with Crippen LogP contribution in [0.25, 0.3) is 0 Å². The van der Waals surface area contributed by atoms with Crippen LogP contribution in [0.5, 0.6) is 5.75 Å². The van der Waals surface area contributed by atoms with Gasteiger partial charge in [0.1, 0.15) is 5.75 Å². The molecule has 0 radical (unpaired) electrons. The number of likely N-dealkylation sites (tertiary alicyclic amines) is 1. The average molecular weight is 410 g/mol. The summed E-state index contributed by atoms with van der Waals surface area (Å²) in [6.07, 6.45) is 0.454. The summed E-state index contributed by atoms with van der Waals surface area (Å²) < 4.78 is 44.5. The van der Waals surface area contributed by atoms with E-state index < -0.39 is 11.7 Å². The van der Waals surface area contributed by atoms with Crippen molar-refractivity contribution in [1.82, 2.24) is 10.2 Å². The summed E-state index contributed by atoms with van der Waals surface area (Å²) in [4.78, 5) is 13.9. The first-order chi connectivity index (χ1) is 13.7. The zero-order chi connectivity index (χ0) is 21.4. The van der Waals surface area contributed by atoms with Gasteiger partial charge in [-0.15, -0.1) is 0 Å². The Morgan fingerprint density at radius 3 is 2.66 bits per heavy atom. The number of aliphatic hydroxyl groups excluding tert-OH is 1. The number of hydrogen-bond acceptors (Lipinski definition) is 4. The van der Waals surface area contributed by atoms with Gasteiger partial charge in [0.05, 0.1) is 12.2 Å². The minimum absolute atomic E-state index is 0.0768. The number of amides is 1. The number of aliphatic hydroxyl groups is 1. The third kappa shape index (κ3) is 6.67. The number of allylic oxidation sites excluding steroid dienone is 4. The lowest BCUT2D eigenvalue weighted by Crippen LogP contribution is -2.38. The number of hydrogen-bond donors (Lipinski definition) is 2. The highest BCUT2D eigenvalue weighted by atomic mass is 19.4. The predicted octanol–water partition coefficient (Wildman–Crippen LogP) is 3.33. The van der Waals surface area contributed by atoms with E-state index in [2.05, 4.69) is 11.9 Å². The van der Waals surface area contributed by atoms with Gasteiger partial charge >= 0.3 is 6.18 Å². The molecule has 158 valence electrons. The van der Waals surface area contributed by atoms with Crippen molar-refractivity contribution in [3.63, 3.8) is 0 Å². The molecule has 0 aromatic heterocycles. The number of alkyl halides is 3. The van der Waals surface area contributed by atoms with Crippen LogP contribution in [0.15, 0.2) is 60.3 Å². The molecule has 8 heteroatoms. The van der Waals surface area contributed by atoms with Gasteiger partial charge < -0.3 is 20.1 Å². The Balaban J connectivity index is 1.90. The molecule has 1 unspecified atom stereocenters. The number of carbonyl (C=O) groups is 1. The molecule has 1 aliphatic heterocycles. The first-order valence-corrected chi connectivity index (χ1v) is 9.21. The fourth-order valence-electron chi connectivity index (χ4n) is 2.83. The van der Waals surface area contributed by atoms with E-state index in [1.54, 1.807) is 42.2 Å². The molecule has 0 spiro atoms. The monoisotopic (exact) mass is 410 g/mol. The van der Waals surface area contributed by atoms with Crippen LogP contribution >= 0.6 is 0 Å². The SMILES string of the molecule is C=C(/C(=C\C=C/C)NC1CCN(C(=O)COc2ccc(CO)cc2)C1)C(F)(F)F. The van der Waals surface area contributed by atoms with E-state index in [-0.39, 0.29) is 37.4 Å². The number of ether oxygens (including phenoxy) is 1. The highest BCUT2D eigenvalue weighted by Crippen LogP contribution is 2.29. The van der Waals surface area contributed by atoms with Crippen LogP contribution in [-0.4, -0.2) is 47.8 Å². The normalized spacial score (nSPS) is 17.6. The van der Waals surface area contributed by atoms with Gasteiger partial charge in [0.15, 0.2) is 6.61 Å². The van der Waals surface area contributed by atoms with Gasteiger partial charge in [-0.2, -0.15) is 13.2 Å². The molecule has 0 saturated carbocycles. The smallest absolute Gasteiger partial charge is 0.417 e. The molecule has 0 aliphatic carbocycles. The molecule has 2 N–H and O–H groups in total. The van der Waals surface area contributed by atoms with Crippen molar-refractivity contribution in [2.75, 3.05) is 19.7 Å². The van der Waals surface area contributed by atoms with E-state index >= 15 is 0 Å². The largest absolute Gasteiger partial charge is 0.484 e. The summed E-state index contributed by atoms with van der Waals surface area (Å²) in [6.45, 7) is 5.32. The molecule has 5 nitrogen and oxygen atoms in total. The highest BCUT2D eigenvalue weighted by Gasteiger charge is 2.36. The highest BCUT2D eigenvalue weighted by molar-refractivity contribution is 5.78. The van der Waals surface area contributed by atoms with Crippen LogP contribution in [-0.2, 0) is 11.4 Å². The fraction of sp³-hybridized carbons (Fsp3) is 0.381. The molecule has 0 bridgehead atoms. The van der Waals surface area contributed by atoms with E-state index in [1.807, 2.05) is 0 Å². The summed E-state index contributed by atoms with van der Waals surface area (Å²) in [5.74, 6) is 0.261. The Morgan fingerprint density at radius 2 is 2.07 bits per heavy atom. The molecule has 1 aliphatic rings. The first kappa shape index (κ1) is 22.5. The summed E-state index contributed by atoms with van der Waals surface area (Å²) in [5.41, 5.74) is -0.315. The topological polar surface area (TPSA) is 61.8 Å². The number of rotatable bonds is 8. The van der Waals surface area contributed by atoms with Crippen LogP contribution in [0, 0.1) is 0 Å². The number of nitrogens with one attached hydrogen (secondary N) is 1. The number of carbonyl (C=O) groups excluding carboxylic acids is 1. The Morgan fingerprint density at radius 1 is 1.38 bits per heavy atom. The van der Waals surface area contributed by atoms with E-state index in [0.29, 0.717) is 18.7 Å². The average Bonchev–Trinajstić information content (AvgIpc) is 3.17. The second-order valence-corrected chi connectivity index (χ2v) is 6.64. The van der Waals surface area contributed by atoms with Crippen molar-refractivity contribution in [2.24, 2.45) is 0 Å². The van der Waals surface area contributed by atoms with Gasteiger partial charge in [0.25, 0.3) is 5.91 Å².